The van der Waals surface area contributed by atoms with Gasteiger partial charge in [-0.25, -0.2) is 9.59 Å². The number of aromatic hydroxyl groups is 3. The molecule has 0 aliphatic carbocycles. The Balaban J connectivity index is 0.000000578. The largest absolute Gasteiger partial charge is 0.504 e. The van der Waals surface area contributed by atoms with Crippen LogP contribution in [0.5, 0.6) is 34.5 Å². The number of ether oxygens (including phenoxy) is 9. The number of esters is 2. The first kappa shape index (κ1) is 49.0. The minimum absolute atomic E-state index is 0.0142. The zero-order valence-electron chi connectivity index (χ0n) is 39.4. The van der Waals surface area contributed by atoms with Gasteiger partial charge in [-0.2, -0.15) is 8.42 Å². The normalized spacial score (nSPS) is 11.6. The van der Waals surface area contributed by atoms with Crippen LogP contribution in [-0.2, 0) is 42.7 Å². The standard InChI is InChI=1S/C21H34O11.C11H16O5S.C9H10O5/c1-2-29-21(25)17-15-18(30-12-9-26-6-3-22)20(32-14-11-28-8-5-24)19(16-17)31-13-10-27-7-4-23;1-10-2-4-11(5-3-10)17(13,14)16-9-8-15-7-6-12;1-2-14-9(13)5-3-6(10)8(12)7(11)4-5/h15-16,22-24H,2-14H2,1H3;2-5,12H,6-9H2,1H3;3-4,10-12H,2H2,1H3/i22T,23T,24T;12T;. The summed E-state index contributed by atoms with van der Waals surface area (Å²) in [6.45, 7) is 8.20. The van der Waals surface area contributed by atoms with Crippen LogP contribution in [0, 0.1) is 6.92 Å². The quantitative estimate of drug-likeness (QED) is 0.0198. The number of benzene rings is 3. The number of aliphatic hydroxyl groups excluding tert-OH is 4. The first-order valence-electron chi connectivity index (χ1n) is 21.2. The highest BCUT2D eigenvalue weighted by Crippen LogP contribution is 2.39. The van der Waals surface area contributed by atoms with Crippen LogP contribution in [0.4, 0.5) is 0 Å². The minimum Gasteiger partial charge on any atom is -0.504 e. The smallest absolute Gasteiger partial charge is 0.338 e. The number of phenolic OH excluding ortho intramolecular Hbond substituents is 3. The number of carbonyl (C=O) groups excluding carboxylic acids is 2. The van der Waals surface area contributed by atoms with Crippen LogP contribution < -0.4 is 14.2 Å². The highest BCUT2D eigenvalue weighted by Gasteiger charge is 2.20. The van der Waals surface area contributed by atoms with Crippen molar-refractivity contribution in [2.45, 2.75) is 25.7 Å². The van der Waals surface area contributed by atoms with Gasteiger partial charge in [0.1, 0.15) is 19.8 Å². The predicted octanol–water partition coefficient (Wildman–Crippen LogP) is 1.72. The predicted molar refractivity (Wildman–Crippen MR) is 222 cm³/mol. The van der Waals surface area contributed by atoms with Gasteiger partial charge in [0.05, 0.1) is 115 Å². The van der Waals surface area contributed by atoms with E-state index in [1.54, 1.807) is 26.0 Å². The Labute approximate surface area is 372 Å². The molecule has 0 heterocycles. The molecule has 7 N–H and O–H groups in total. The molecule has 0 fully saturated rings. The molecule has 0 aliphatic rings. The molecule has 3 aromatic rings. The zero-order valence-corrected chi connectivity index (χ0v) is 36.3. The molecule has 21 nitrogen and oxygen atoms in total. The van der Waals surface area contributed by atoms with Crippen LogP contribution in [0.25, 0.3) is 0 Å². The molecule has 3 aromatic carbocycles. The van der Waals surface area contributed by atoms with Crippen LogP contribution in [0.1, 0.15) is 40.1 Å². The molecule has 3 rings (SSSR count). The van der Waals surface area contributed by atoms with E-state index in [4.69, 9.17) is 63.1 Å². The lowest BCUT2D eigenvalue weighted by molar-refractivity contribution is 0.0513. The van der Waals surface area contributed by atoms with Gasteiger partial charge in [-0.05, 0) is 57.2 Å². The fourth-order valence-electron chi connectivity index (χ4n) is 4.45. The highest BCUT2D eigenvalue weighted by molar-refractivity contribution is 7.86. The number of carbonyl (C=O) groups is 2. The van der Waals surface area contributed by atoms with Crippen LogP contribution in [-0.4, -0.2) is 181 Å². The van der Waals surface area contributed by atoms with Gasteiger partial charge < -0.3 is 78.4 Å². The van der Waals surface area contributed by atoms with Crippen molar-refractivity contribution in [2.75, 3.05) is 119 Å². The Kier molecular flexibility index (Phi) is 26.1. The minimum atomic E-state index is -3.72. The van der Waals surface area contributed by atoms with Gasteiger partial charge in [-0.1, -0.05) is 17.7 Å². The summed E-state index contributed by atoms with van der Waals surface area (Å²) >= 11 is 0. The van der Waals surface area contributed by atoms with Gasteiger partial charge >= 0.3 is 11.9 Å². The third kappa shape index (κ3) is 23.3. The lowest BCUT2D eigenvalue weighted by Crippen LogP contribution is -2.15. The van der Waals surface area contributed by atoms with E-state index >= 15 is 0 Å². The van der Waals surface area contributed by atoms with Gasteiger partial charge in [0.15, 0.2) is 28.7 Å². The average molecular weight is 929 g/mol. The van der Waals surface area contributed by atoms with Crippen LogP contribution in [0.15, 0.2) is 53.4 Å². The van der Waals surface area contributed by atoms with E-state index in [9.17, 15) is 18.0 Å². The summed E-state index contributed by atoms with van der Waals surface area (Å²) in [6, 6.07) is 11.4. The lowest BCUT2D eigenvalue weighted by atomic mass is 10.2. The third-order valence-corrected chi connectivity index (χ3v) is 8.57. The second-order valence-electron chi connectivity index (χ2n) is 12.0. The summed E-state index contributed by atoms with van der Waals surface area (Å²) in [7, 11) is -3.72. The molecule has 0 unspecified atom stereocenters. The first-order valence-corrected chi connectivity index (χ1v) is 21.0. The fraction of sp³-hybridized carbons (Fsp3) is 0.512. The Hall–Kier alpha value is -5.01. The van der Waals surface area contributed by atoms with Crippen molar-refractivity contribution in [1.82, 2.24) is 0 Å². The van der Waals surface area contributed by atoms with Crippen molar-refractivity contribution < 1.29 is 101 Å². The maximum absolute atomic E-state index is 12.4. The molecule has 0 radical (unpaired) electrons. The molecular weight excluding hydrogens is 860 g/mol. The molecule has 0 saturated heterocycles. The number of hydrogen-bond donors (Lipinski definition) is 7. The van der Waals surface area contributed by atoms with E-state index < -0.39 is 39.3 Å². The summed E-state index contributed by atoms with van der Waals surface area (Å²) in [5.41, 5.74) is 1.17. The highest BCUT2D eigenvalue weighted by atomic mass is 32.2. The van der Waals surface area contributed by atoms with Gasteiger partial charge in [0, 0.05) is 0 Å². The van der Waals surface area contributed by atoms with Gasteiger partial charge in [0.2, 0.25) is 11.5 Å². The van der Waals surface area contributed by atoms with E-state index in [2.05, 4.69) is 25.2 Å². The number of aliphatic hydroxyl groups is 4. The Bertz CT molecular complexity index is 1850. The van der Waals surface area contributed by atoms with Crippen molar-refractivity contribution in [2.24, 2.45) is 0 Å². The van der Waals surface area contributed by atoms with Crippen molar-refractivity contribution in [3.63, 3.8) is 0 Å². The maximum atomic E-state index is 12.4. The molecule has 0 aliphatic heterocycles. The molecule has 63 heavy (non-hydrogen) atoms. The van der Waals surface area contributed by atoms with E-state index in [0.29, 0.717) is 0 Å². The molecule has 0 saturated carbocycles. The molecule has 356 valence electrons. The lowest BCUT2D eigenvalue weighted by Gasteiger charge is -2.18. The third-order valence-electron chi connectivity index (χ3n) is 7.24. The topological polar surface area (TPSA) is 302 Å². The SMILES string of the molecule is CCOC(=O)c1cc(O)c(O)c(O)c1.[3H]OCCOCCOS(=O)(=O)c1ccc(C)cc1.[3H]OCCOCCOc1cc(C(=O)OCC)cc(OCCOCCO[3H])c1OCCOCCO[3H]. The van der Waals surface area contributed by atoms with E-state index in [0.717, 1.165) is 17.7 Å². The average Bonchev–Trinajstić information content (AvgIpc) is 3.31. The Morgan fingerprint density at radius 3 is 1.37 bits per heavy atom. The number of aryl methyl sites for hydroxylation is 1. The first-order chi connectivity index (χ1) is 32.3. The van der Waals surface area contributed by atoms with Gasteiger partial charge in [-0.3, -0.25) is 4.18 Å². The van der Waals surface area contributed by atoms with Crippen molar-refractivity contribution in [3.05, 3.63) is 65.2 Å². The fourth-order valence-corrected chi connectivity index (χ4v) is 5.34. The molecule has 0 amide bonds. The monoisotopic (exact) mass is 928 g/mol. The summed E-state index contributed by atoms with van der Waals surface area (Å²) in [5.74, 6) is -2.27. The molecule has 0 spiro atoms. The van der Waals surface area contributed by atoms with Crippen LogP contribution >= 0.6 is 0 Å². The van der Waals surface area contributed by atoms with Crippen molar-refractivity contribution >= 4 is 22.1 Å². The van der Waals surface area contributed by atoms with Gasteiger partial charge in [0.25, 0.3) is 10.1 Å². The summed E-state index contributed by atoms with van der Waals surface area (Å²) < 4.78 is 103. The van der Waals surface area contributed by atoms with Crippen molar-refractivity contribution in [1.29, 1.82) is 5.72 Å². The second kappa shape index (κ2) is 33.5. The second-order valence-corrected chi connectivity index (χ2v) is 13.6. The number of hydrogen-bond acceptors (Lipinski definition) is 21. The molecular formula is C41H60O21S. The van der Waals surface area contributed by atoms with Gasteiger partial charge in [-0.15, -0.1) is 0 Å². The summed E-state index contributed by atoms with van der Waals surface area (Å²) in [4.78, 5) is 23.6. The molecule has 22 heteroatoms. The number of rotatable bonds is 33. The van der Waals surface area contributed by atoms with Crippen LogP contribution in [0.2, 0.25) is 0 Å². The number of phenols is 3. The molecule has 0 atom stereocenters. The summed E-state index contributed by atoms with van der Waals surface area (Å²) in [5, 5.41) is 43.8. The Morgan fingerprint density at radius 1 is 0.556 bits per heavy atom. The van der Waals surface area contributed by atoms with E-state index in [1.165, 1.54) is 24.3 Å². The molecule has 0 aromatic heterocycles. The van der Waals surface area contributed by atoms with E-state index in [-0.39, 0.29) is 152 Å². The van der Waals surface area contributed by atoms with Crippen LogP contribution in [0.3, 0.4) is 0 Å². The Morgan fingerprint density at radius 2 is 0.952 bits per heavy atom. The van der Waals surface area contributed by atoms with Crippen molar-refractivity contribution in [3.8, 4) is 34.5 Å². The maximum Gasteiger partial charge on any atom is 0.338 e. The van der Waals surface area contributed by atoms with E-state index in [1.807, 2.05) is 6.92 Å². The summed E-state index contributed by atoms with van der Waals surface area (Å²) in [6.07, 6.45) is 0. The molecule has 0 bridgehead atoms. The zero-order chi connectivity index (χ0) is 49.7.